The number of sulfone groups is 1. The third kappa shape index (κ3) is 3.52. The van der Waals surface area contributed by atoms with Crippen LogP contribution in [0.25, 0.3) is 0 Å². The normalized spacial score (nSPS) is 19.5. The van der Waals surface area contributed by atoms with E-state index in [1.54, 1.807) is 36.9 Å². The molecule has 0 saturated carbocycles. The lowest BCUT2D eigenvalue weighted by molar-refractivity contribution is 0.0749. The van der Waals surface area contributed by atoms with E-state index in [2.05, 4.69) is 0 Å². The summed E-state index contributed by atoms with van der Waals surface area (Å²) in [5, 5.41) is -0.740. The maximum Gasteiger partial charge on any atom is 0.255 e. The van der Waals surface area contributed by atoms with Crippen molar-refractivity contribution in [1.29, 1.82) is 0 Å². The Morgan fingerprint density at radius 2 is 2.14 bits per heavy atom. The van der Waals surface area contributed by atoms with Gasteiger partial charge in [-0.25, -0.2) is 8.42 Å². The molecule has 2 N–H and O–H groups in total. The molecule has 0 bridgehead atoms. The van der Waals surface area contributed by atoms with E-state index in [1.165, 1.54) is 4.90 Å². The standard InChI is InChI=1S/C14H20N2O3S2/c1-3-21(18,19)13-9-20-5-4-16(13)14(17)11-6-10(2)7-12(15)8-11/h6-8,13H,3-5,9,15H2,1-2H3. The lowest BCUT2D eigenvalue weighted by Gasteiger charge is -2.34. The van der Waals surface area contributed by atoms with Crippen LogP contribution in [-0.2, 0) is 9.84 Å². The smallest absolute Gasteiger partial charge is 0.255 e. The van der Waals surface area contributed by atoms with Gasteiger partial charge in [-0.3, -0.25) is 4.79 Å². The van der Waals surface area contributed by atoms with Gasteiger partial charge in [-0.05, 0) is 30.7 Å². The van der Waals surface area contributed by atoms with Crippen molar-refractivity contribution in [2.24, 2.45) is 0 Å². The number of carbonyl (C=O) groups is 1. The molecule has 1 saturated heterocycles. The van der Waals surface area contributed by atoms with Crippen molar-refractivity contribution in [3.8, 4) is 0 Å². The molecule has 0 radical (unpaired) electrons. The second-order valence-corrected chi connectivity index (χ2v) is 8.71. The zero-order valence-electron chi connectivity index (χ0n) is 12.2. The van der Waals surface area contributed by atoms with E-state index < -0.39 is 15.2 Å². The Kier molecular flexibility index (Phi) is 4.83. The Hall–Kier alpha value is -1.21. The van der Waals surface area contributed by atoms with Crippen molar-refractivity contribution < 1.29 is 13.2 Å². The van der Waals surface area contributed by atoms with Crippen LogP contribution in [0.1, 0.15) is 22.8 Å². The van der Waals surface area contributed by atoms with Gasteiger partial charge in [-0.15, -0.1) is 0 Å². The number of hydrogen-bond donors (Lipinski definition) is 1. The average molecular weight is 328 g/mol. The highest BCUT2D eigenvalue weighted by atomic mass is 32.2. The Bertz CT molecular complexity index is 623. The predicted octanol–water partition coefficient (Wildman–Crippen LogP) is 1.53. The zero-order valence-corrected chi connectivity index (χ0v) is 13.8. The first kappa shape index (κ1) is 16.2. The third-order valence-electron chi connectivity index (χ3n) is 3.51. The molecule has 5 nitrogen and oxygen atoms in total. The number of anilines is 1. The van der Waals surface area contributed by atoms with Gasteiger partial charge in [0.2, 0.25) is 0 Å². The maximum atomic E-state index is 12.7. The molecule has 21 heavy (non-hydrogen) atoms. The number of aryl methyl sites for hydroxylation is 1. The first-order valence-electron chi connectivity index (χ1n) is 6.82. The number of benzene rings is 1. The van der Waals surface area contributed by atoms with E-state index in [1.807, 2.05) is 6.92 Å². The first-order chi connectivity index (χ1) is 9.85. The molecule has 116 valence electrons. The molecule has 1 aliphatic rings. The highest BCUT2D eigenvalue weighted by Crippen LogP contribution is 2.24. The minimum Gasteiger partial charge on any atom is -0.399 e. The van der Waals surface area contributed by atoms with Gasteiger partial charge in [0.1, 0.15) is 5.37 Å². The van der Waals surface area contributed by atoms with Crippen molar-refractivity contribution in [3.63, 3.8) is 0 Å². The summed E-state index contributed by atoms with van der Waals surface area (Å²) in [4.78, 5) is 14.1. The van der Waals surface area contributed by atoms with E-state index in [4.69, 9.17) is 5.73 Å². The fourth-order valence-corrected chi connectivity index (χ4v) is 5.37. The minimum atomic E-state index is -3.29. The second-order valence-electron chi connectivity index (χ2n) is 5.11. The molecule has 0 aromatic heterocycles. The number of hydrogen-bond acceptors (Lipinski definition) is 5. The zero-order chi connectivity index (χ0) is 15.6. The van der Waals surface area contributed by atoms with Crippen molar-refractivity contribution in [2.45, 2.75) is 19.2 Å². The molecule has 7 heteroatoms. The summed E-state index contributed by atoms with van der Waals surface area (Å²) < 4.78 is 24.4. The quantitative estimate of drug-likeness (QED) is 0.851. The summed E-state index contributed by atoms with van der Waals surface area (Å²) in [6.45, 7) is 3.92. The SMILES string of the molecule is CCS(=O)(=O)C1CSCCN1C(=O)c1cc(C)cc(N)c1. The lowest BCUT2D eigenvalue weighted by Crippen LogP contribution is -2.50. The fraction of sp³-hybridized carbons (Fsp3) is 0.500. The molecule has 2 rings (SSSR count). The van der Waals surface area contributed by atoms with Gasteiger partial charge in [-0.1, -0.05) is 6.92 Å². The van der Waals surface area contributed by atoms with Gasteiger partial charge in [0.25, 0.3) is 5.91 Å². The summed E-state index contributed by atoms with van der Waals surface area (Å²) in [5.74, 6) is 0.969. The number of thioether (sulfide) groups is 1. The maximum absolute atomic E-state index is 12.7. The van der Waals surface area contributed by atoms with Crippen molar-refractivity contribution in [2.75, 3.05) is 29.5 Å². The first-order valence-corrected chi connectivity index (χ1v) is 9.69. The van der Waals surface area contributed by atoms with Gasteiger partial charge in [0.05, 0.1) is 0 Å². The molecule has 1 aliphatic heterocycles. The number of nitrogens with two attached hydrogens (primary N) is 1. The van der Waals surface area contributed by atoms with E-state index in [-0.39, 0.29) is 11.7 Å². The summed E-state index contributed by atoms with van der Waals surface area (Å²) in [5.41, 5.74) is 7.64. The molecule has 1 fully saturated rings. The molecule has 1 aromatic rings. The second kappa shape index (κ2) is 6.27. The topological polar surface area (TPSA) is 80.5 Å². The van der Waals surface area contributed by atoms with Crippen LogP contribution in [0.15, 0.2) is 18.2 Å². The molecule has 1 heterocycles. The molecule has 1 amide bonds. The van der Waals surface area contributed by atoms with Gasteiger partial charge in [-0.2, -0.15) is 11.8 Å². The van der Waals surface area contributed by atoms with Crippen LogP contribution in [0, 0.1) is 6.92 Å². The number of carbonyl (C=O) groups excluding carboxylic acids is 1. The Morgan fingerprint density at radius 3 is 2.76 bits per heavy atom. The van der Waals surface area contributed by atoms with Crippen LogP contribution >= 0.6 is 11.8 Å². The Labute approximate surface area is 129 Å². The number of nitrogen functional groups attached to an aromatic ring is 1. The molecule has 0 spiro atoms. The van der Waals surface area contributed by atoms with Crippen LogP contribution in [0.2, 0.25) is 0 Å². The summed E-state index contributed by atoms with van der Waals surface area (Å²) in [6, 6.07) is 5.13. The van der Waals surface area contributed by atoms with Crippen LogP contribution in [-0.4, -0.2) is 48.4 Å². The predicted molar refractivity (Wildman–Crippen MR) is 87.2 cm³/mol. The van der Waals surface area contributed by atoms with Crippen LogP contribution < -0.4 is 5.73 Å². The summed E-state index contributed by atoms with van der Waals surface area (Å²) in [6.07, 6.45) is 0. The third-order valence-corrected chi connectivity index (χ3v) is 6.80. The molecule has 1 aromatic carbocycles. The Balaban J connectivity index is 2.35. The average Bonchev–Trinajstić information content (AvgIpc) is 2.45. The summed E-state index contributed by atoms with van der Waals surface area (Å²) in [7, 11) is -3.29. The fourth-order valence-electron chi connectivity index (χ4n) is 2.41. The summed E-state index contributed by atoms with van der Waals surface area (Å²) >= 11 is 1.57. The van der Waals surface area contributed by atoms with Crippen LogP contribution in [0.3, 0.4) is 0 Å². The number of rotatable bonds is 3. The molecule has 1 atom stereocenters. The monoisotopic (exact) mass is 328 g/mol. The Morgan fingerprint density at radius 1 is 1.43 bits per heavy atom. The van der Waals surface area contributed by atoms with Crippen LogP contribution in [0.4, 0.5) is 5.69 Å². The molecular formula is C14H20N2O3S2. The van der Waals surface area contributed by atoms with E-state index in [0.717, 1.165) is 11.3 Å². The van der Waals surface area contributed by atoms with Crippen LogP contribution in [0.5, 0.6) is 0 Å². The minimum absolute atomic E-state index is 0.0396. The lowest BCUT2D eigenvalue weighted by atomic mass is 10.1. The van der Waals surface area contributed by atoms with Crippen molar-refractivity contribution in [3.05, 3.63) is 29.3 Å². The molecule has 1 unspecified atom stereocenters. The number of amides is 1. The highest BCUT2D eigenvalue weighted by Gasteiger charge is 2.36. The van der Waals surface area contributed by atoms with Gasteiger partial charge in [0.15, 0.2) is 9.84 Å². The van der Waals surface area contributed by atoms with E-state index in [0.29, 0.717) is 23.5 Å². The van der Waals surface area contributed by atoms with E-state index >= 15 is 0 Å². The number of nitrogens with zero attached hydrogens (tertiary/aromatic N) is 1. The van der Waals surface area contributed by atoms with Gasteiger partial charge in [0, 0.05) is 35.1 Å². The van der Waals surface area contributed by atoms with Gasteiger partial charge >= 0.3 is 0 Å². The molecular weight excluding hydrogens is 308 g/mol. The van der Waals surface area contributed by atoms with E-state index in [9.17, 15) is 13.2 Å². The van der Waals surface area contributed by atoms with Crippen molar-refractivity contribution in [1.82, 2.24) is 4.90 Å². The highest BCUT2D eigenvalue weighted by molar-refractivity contribution is 8.01. The molecule has 0 aliphatic carbocycles. The largest absolute Gasteiger partial charge is 0.399 e. The van der Waals surface area contributed by atoms with Gasteiger partial charge < -0.3 is 10.6 Å². The van der Waals surface area contributed by atoms with Crippen molar-refractivity contribution >= 4 is 33.2 Å².